The predicted octanol–water partition coefficient (Wildman–Crippen LogP) is 2.47. The van der Waals surface area contributed by atoms with Crippen LogP contribution in [0.3, 0.4) is 0 Å². The van der Waals surface area contributed by atoms with Crippen LogP contribution in [-0.4, -0.2) is 27.0 Å². The number of aryl methyl sites for hydroxylation is 1. The van der Waals surface area contributed by atoms with Gasteiger partial charge in [0.2, 0.25) is 0 Å². The van der Waals surface area contributed by atoms with Crippen LogP contribution in [-0.2, 0) is 16.3 Å². The van der Waals surface area contributed by atoms with Gasteiger partial charge in [0.15, 0.2) is 0 Å². The Morgan fingerprint density at radius 1 is 1.38 bits per heavy atom. The minimum atomic E-state index is -2.89. The molecule has 0 atom stereocenters. The average Bonchev–Trinajstić information content (AvgIpc) is 2.18. The normalized spacial score (nSPS) is 11.4. The molecule has 0 fully saturated rings. The number of halogens is 1. The first kappa shape index (κ1) is 13.5. The van der Waals surface area contributed by atoms with Gasteiger partial charge in [-0.3, -0.25) is 0 Å². The number of rotatable bonds is 5. The van der Waals surface area contributed by atoms with Gasteiger partial charge in [-0.25, -0.2) is 8.42 Å². The van der Waals surface area contributed by atoms with Crippen molar-refractivity contribution >= 4 is 31.5 Å². The summed E-state index contributed by atoms with van der Waals surface area (Å²) in [6.07, 6.45) is 2.16. The van der Waals surface area contributed by atoms with Gasteiger partial charge >= 0.3 is 0 Å². The van der Waals surface area contributed by atoms with Crippen LogP contribution >= 0.6 is 15.9 Å². The van der Waals surface area contributed by atoms with Crippen LogP contribution in [0.25, 0.3) is 0 Å². The molecule has 1 rings (SSSR count). The second kappa shape index (κ2) is 5.68. The van der Waals surface area contributed by atoms with E-state index in [2.05, 4.69) is 28.2 Å². The Labute approximate surface area is 105 Å². The summed E-state index contributed by atoms with van der Waals surface area (Å²) in [6.45, 7) is 2.52. The SMILES string of the molecule is CCc1cc(Br)ccc1NCCS(C)(=O)=O. The number of hydrogen-bond donors (Lipinski definition) is 1. The molecular weight excluding hydrogens is 290 g/mol. The van der Waals surface area contributed by atoms with E-state index in [1.165, 1.54) is 11.8 Å². The van der Waals surface area contributed by atoms with E-state index in [4.69, 9.17) is 0 Å². The second-order valence-electron chi connectivity index (χ2n) is 3.71. The highest BCUT2D eigenvalue weighted by Crippen LogP contribution is 2.21. The molecule has 5 heteroatoms. The fraction of sp³-hybridized carbons (Fsp3) is 0.455. The van der Waals surface area contributed by atoms with Crippen LogP contribution in [0.15, 0.2) is 22.7 Å². The van der Waals surface area contributed by atoms with Crippen LogP contribution in [0.1, 0.15) is 12.5 Å². The van der Waals surface area contributed by atoms with Crippen molar-refractivity contribution in [3.63, 3.8) is 0 Å². The fourth-order valence-electron chi connectivity index (χ4n) is 1.40. The van der Waals surface area contributed by atoms with E-state index in [-0.39, 0.29) is 5.75 Å². The summed E-state index contributed by atoms with van der Waals surface area (Å²) in [7, 11) is -2.89. The number of benzene rings is 1. The van der Waals surface area contributed by atoms with E-state index in [0.29, 0.717) is 6.54 Å². The van der Waals surface area contributed by atoms with Crippen molar-refractivity contribution in [2.75, 3.05) is 23.9 Å². The first-order valence-corrected chi connectivity index (χ1v) is 7.97. The molecule has 0 saturated carbocycles. The van der Waals surface area contributed by atoms with E-state index in [1.807, 2.05) is 18.2 Å². The quantitative estimate of drug-likeness (QED) is 0.909. The molecule has 0 bridgehead atoms. The minimum absolute atomic E-state index is 0.159. The molecule has 1 aromatic rings. The maximum absolute atomic E-state index is 11.0. The van der Waals surface area contributed by atoms with Gasteiger partial charge in [0.25, 0.3) is 0 Å². The van der Waals surface area contributed by atoms with Crippen LogP contribution in [0.5, 0.6) is 0 Å². The Hall–Kier alpha value is -0.550. The molecule has 0 unspecified atom stereocenters. The van der Waals surface area contributed by atoms with Gasteiger partial charge in [-0.15, -0.1) is 0 Å². The highest BCUT2D eigenvalue weighted by molar-refractivity contribution is 9.10. The highest BCUT2D eigenvalue weighted by Gasteiger charge is 2.04. The maximum Gasteiger partial charge on any atom is 0.149 e. The lowest BCUT2D eigenvalue weighted by Crippen LogP contribution is -2.14. The van der Waals surface area contributed by atoms with Crippen molar-refractivity contribution in [2.24, 2.45) is 0 Å². The molecule has 1 N–H and O–H groups in total. The second-order valence-corrected chi connectivity index (χ2v) is 6.89. The first-order valence-electron chi connectivity index (χ1n) is 5.12. The number of sulfone groups is 1. The van der Waals surface area contributed by atoms with Crippen molar-refractivity contribution in [1.82, 2.24) is 0 Å². The standard InChI is InChI=1S/C11H16BrNO2S/c1-3-9-8-10(12)4-5-11(9)13-6-7-16(2,14)15/h4-5,8,13H,3,6-7H2,1-2H3. The third kappa shape index (κ3) is 4.53. The molecule has 0 saturated heterocycles. The molecule has 0 aromatic heterocycles. The zero-order valence-corrected chi connectivity index (χ0v) is 11.9. The Kier molecular flexibility index (Phi) is 4.80. The smallest absolute Gasteiger partial charge is 0.149 e. The summed E-state index contributed by atoms with van der Waals surface area (Å²) in [5.74, 6) is 0.159. The molecule has 90 valence electrons. The minimum Gasteiger partial charge on any atom is -0.384 e. The summed E-state index contributed by atoms with van der Waals surface area (Å²) in [5.41, 5.74) is 2.19. The summed E-state index contributed by atoms with van der Waals surface area (Å²) >= 11 is 3.41. The summed E-state index contributed by atoms with van der Waals surface area (Å²) in [4.78, 5) is 0. The lowest BCUT2D eigenvalue weighted by atomic mass is 10.1. The van der Waals surface area contributed by atoms with Crippen LogP contribution in [0.4, 0.5) is 5.69 Å². The number of nitrogens with one attached hydrogen (secondary N) is 1. The van der Waals surface area contributed by atoms with Gasteiger partial charge in [-0.2, -0.15) is 0 Å². The van der Waals surface area contributed by atoms with E-state index in [9.17, 15) is 8.42 Å². The van der Waals surface area contributed by atoms with Crippen LogP contribution < -0.4 is 5.32 Å². The summed E-state index contributed by atoms with van der Waals surface area (Å²) < 4.78 is 23.0. The Bertz CT molecular complexity index is 457. The third-order valence-corrected chi connectivity index (χ3v) is 3.68. The molecule has 0 spiro atoms. The van der Waals surface area contributed by atoms with Gasteiger partial charge in [0.05, 0.1) is 5.75 Å². The zero-order valence-electron chi connectivity index (χ0n) is 9.46. The van der Waals surface area contributed by atoms with Crippen LogP contribution in [0.2, 0.25) is 0 Å². The molecule has 0 aliphatic carbocycles. The summed E-state index contributed by atoms with van der Waals surface area (Å²) in [6, 6.07) is 5.95. The van der Waals surface area contributed by atoms with Gasteiger partial charge in [-0.1, -0.05) is 22.9 Å². The van der Waals surface area contributed by atoms with Crippen molar-refractivity contribution in [1.29, 1.82) is 0 Å². The molecular formula is C11H16BrNO2S. The lowest BCUT2D eigenvalue weighted by Gasteiger charge is -2.10. The topological polar surface area (TPSA) is 46.2 Å². The van der Waals surface area contributed by atoms with Gasteiger partial charge in [-0.05, 0) is 30.2 Å². The molecule has 0 aliphatic rings. The molecule has 0 aliphatic heterocycles. The molecule has 0 heterocycles. The molecule has 0 amide bonds. The van der Waals surface area contributed by atoms with Crippen molar-refractivity contribution < 1.29 is 8.42 Å². The Morgan fingerprint density at radius 2 is 2.06 bits per heavy atom. The lowest BCUT2D eigenvalue weighted by molar-refractivity contribution is 0.602. The third-order valence-electron chi connectivity index (χ3n) is 2.24. The summed E-state index contributed by atoms with van der Waals surface area (Å²) in [5, 5.41) is 3.15. The van der Waals surface area contributed by atoms with Crippen LogP contribution in [0, 0.1) is 0 Å². The highest BCUT2D eigenvalue weighted by atomic mass is 79.9. The fourth-order valence-corrected chi connectivity index (χ4v) is 2.28. The van der Waals surface area contributed by atoms with E-state index in [1.54, 1.807) is 0 Å². The van der Waals surface area contributed by atoms with E-state index < -0.39 is 9.84 Å². The number of hydrogen-bond acceptors (Lipinski definition) is 3. The van der Waals surface area contributed by atoms with E-state index >= 15 is 0 Å². The zero-order chi connectivity index (χ0) is 12.2. The van der Waals surface area contributed by atoms with Gasteiger partial charge in [0, 0.05) is 23.0 Å². The van der Waals surface area contributed by atoms with Crippen molar-refractivity contribution in [3.8, 4) is 0 Å². The predicted molar refractivity (Wildman–Crippen MR) is 71.7 cm³/mol. The van der Waals surface area contributed by atoms with Gasteiger partial charge in [0.1, 0.15) is 9.84 Å². The largest absolute Gasteiger partial charge is 0.384 e. The van der Waals surface area contributed by atoms with Crippen molar-refractivity contribution in [3.05, 3.63) is 28.2 Å². The average molecular weight is 306 g/mol. The first-order chi connectivity index (χ1) is 7.42. The number of anilines is 1. The Balaban J connectivity index is 2.67. The maximum atomic E-state index is 11.0. The van der Waals surface area contributed by atoms with Crippen molar-refractivity contribution in [2.45, 2.75) is 13.3 Å². The monoisotopic (exact) mass is 305 g/mol. The molecule has 1 aromatic carbocycles. The Morgan fingerprint density at radius 3 is 2.62 bits per heavy atom. The molecule has 0 radical (unpaired) electrons. The molecule has 16 heavy (non-hydrogen) atoms. The van der Waals surface area contributed by atoms with E-state index in [0.717, 1.165) is 16.6 Å². The van der Waals surface area contributed by atoms with Gasteiger partial charge < -0.3 is 5.32 Å². The molecule has 3 nitrogen and oxygen atoms in total.